The molecule has 1 aliphatic rings. The van der Waals surface area contributed by atoms with Crippen LogP contribution in [0.3, 0.4) is 0 Å². The highest BCUT2D eigenvalue weighted by molar-refractivity contribution is 7.99. The second-order valence-electron chi connectivity index (χ2n) is 6.38. The van der Waals surface area contributed by atoms with E-state index in [2.05, 4.69) is 77.8 Å². The zero-order valence-corrected chi connectivity index (χ0v) is 15.1. The van der Waals surface area contributed by atoms with Crippen molar-refractivity contribution < 1.29 is 0 Å². The monoisotopic (exact) mass is 356 g/mol. The molecule has 0 bridgehead atoms. The number of hydrogen-bond acceptors (Lipinski definition) is 4. The highest BCUT2D eigenvalue weighted by Crippen LogP contribution is 2.29. The Morgan fingerprint density at radius 1 is 0.846 bits per heavy atom. The molecule has 26 heavy (non-hydrogen) atoms. The van der Waals surface area contributed by atoms with Gasteiger partial charge < -0.3 is 0 Å². The van der Waals surface area contributed by atoms with Gasteiger partial charge in [0.15, 0.2) is 5.82 Å². The number of rotatable bonds is 2. The Hall–Kier alpha value is -2.92. The highest BCUT2D eigenvalue weighted by atomic mass is 32.2. The molecular weight excluding hydrogens is 340 g/mol. The molecule has 0 unspecified atom stereocenters. The fraction of sp³-hybridized carbons (Fsp3) is 0.0952. The van der Waals surface area contributed by atoms with Crippen LogP contribution in [-0.2, 0) is 0 Å². The minimum atomic E-state index is 0.786. The van der Waals surface area contributed by atoms with Gasteiger partial charge in [-0.2, -0.15) is 9.78 Å². The van der Waals surface area contributed by atoms with E-state index in [0.29, 0.717) is 0 Å². The molecule has 0 N–H and O–H groups in total. The van der Waals surface area contributed by atoms with E-state index in [0.717, 1.165) is 33.6 Å². The summed E-state index contributed by atoms with van der Waals surface area (Å²) in [5.41, 5.74) is 4.42. The Kier molecular flexibility index (Phi) is 3.60. The maximum atomic E-state index is 4.88. The Bertz CT molecular complexity index is 1160. The van der Waals surface area contributed by atoms with Gasteiger partial charge in [-0.25, -0.2) is 0 Å². The first kappa shape index (κ1) is 15.3. The lowest BCUT2D eigenvalue weighted by Gasteiger charge is -2.14. The van der Waals surface area contributed by atoms with Crippen LogP contribution in [0.2, 0.25) is 0 Å². The van der Waals surface area contributed by atoms with Gasteiger partial charge in [0.1, 0.15) is 0 Å². The summed E-state index contributed by atoms with van der Waals surface area (Å²) in [6.45, 7) is 2.08. The Morgan fingerprint density at radius 3 is 2.62 bits per heavy atom. The van der Waals surface area contributed by atoms with E-state index in [4.69, 9.17) is 5.10 Å². The minimum absolute atomic E-state index is 0.786. The summed E-state index contributed by atoms with van der Waals surface area (Å²) in [6, 6.07) is 23.2. The molecule has 1 aliphatic heterocycles. The smallest absolute Gasteiger partial charge is 0.187 e. The third-order valence-electron chi connectivity index (χ3n) is 4.53. The molecule has 0 spiro atoms. The maximum absolute atomic E-state index is 4.88. The van der Waals surface area contributed by atoms with Crippen LogP contribution in [0.4, 0.5) is 0 Å². The molecule has 0 saturated carbocycles. The normalized spacial score (nSPS) is 13.5. The van der Waals surface area contributed by atoms with Gasteiger partial charge in [0.05, 0.1) is 5.71 Å². The van der Waals surface area contributed by atoms with Gasteiger partial charge in [-0.15, -0.1) is 10.2 Å². The van der Waals surface area contributed by atoms with Gasteiger partial charge in [0, 0.05) is 11.3 Å². The number of aromatic nitrogens is 3. The van der Waals surface area contributed by atoms with E-state index in [1.165, 1.54) is 16.3 Å². The van der Waals surface area contributed by atoms with Crippen LogP contribution in [0.15, 0.2) is 77.0 Å². The lowest BCUT2D eigenvalue weighted by molar-refractivity contribution is 0.762. The van der Waals surface area contributed by atoms with Crippen molar-refractivity contribution in [3.8, 4) is 11.4 Å². The summed E-state index contributed by atoms with van der Waals surface area (Å²) in [5.74, 6) is 1.58. The third kappa shape index (κ3) is 2.61. The molecule has 0 fully saturated rings. The fourth-order valence-electron chi connectivity index (χ4n) is 3.20. The van der Waals surface area contributed by atoms with E-state index in [9.17, 15) is 0 Å². The van der Waals surface area contributed by atoms with Crippen molar-refractivity contribution in [1.82, 2.24) is 14.9 Å². The van der Waals surface area contributed by atoms with Crippen molar-refractivity contribution >= 4 is 28.2 Å². The van der Waals surface area contributed by atoms with Crippen LogP contribution < -0.4 is 0 Å². The zero-order chi connectivity index (χ0) is 17.5. The van der Waals surface area contributed by atoms with E-state index in [1.807, 2.05) is 10.7 Å². The number of fused-ring (bicyclic) bond motifs is 2. The molecule has 3 aromatic carbocycles. The molecular formula is C21H16N4S. The molecule has 4 nitrogen and oxygen atoms in total. The van der Waals surface area contributed by atoms with Crippen molar-refractivity contribution in [1.29, 1.82) is 0 Å². The second kappa shape index (κ2) is 6.11. The standard InChI is InChI=1S/C21H16N4S/c1-14-5-4-8-18(11-14)20-22-23-21-25(20)24-19(13-26-21)17-10-9-15-6-2-3-7-16(15)12-17/h2-12H,13H2,1H3. The van der Waals surface area contributed by atoms with Gasteiger partial charge >= 0.3 is 0 Å². The molecule has 0 atom stereocenters. The van der Waals surface area contributed by atoms with Crippen molar-refractivity contribution in [2.75, 3.05) is 5.75 Å². The number of hydrogen-bond donors (Lipinski definition) is 0. The average molecular weight is 356 g/mol. The number of aryl methyl sites for hydroxylation is 1. The molecule has 0 saturated heterocycles. The molecule has 126 valence electrons. The van der Waals surface area contributed by atoms with Gasteiger partial charge in [-0.3, -0.25) is 0 Å². The van der Waals surface area contributed by atoms with E-state index >= 15 is 0 Å². The molecule has 5 heteroatoms. The van der Waals surface area contributed by atoms with Crippen LogP contribution in [0.25, 0.3) is 22.2 Å². The highest BCUT2D eigenvalue weighted by Gasteiger charge is 2.20. The fourth-order valence-corrected chi connectivity index (χ4v) is 4.04. The first-order chi connectivity index (χ1) is 12.8. The summed E-state index contributed by atoms with van der Waals surface area (Å²) in [4.78, 5) is 0. The first-order valence-corrected chi connectivity index (χ1v) is 9.49. The lowest BCUT2D eigenvalue weighted by Crippen LogP contribution is -2.13. The number of thioether (sulfide) groups is 1. The largest absolute Gasteiger partial charge is 0.212 e. The summed E-state index contributed by atoms with van der Waals surface area (Å²) >= 11 is 1.68. The zero-order valence-electron chi connectivity index (χ0n) is 14.3. The van der Waals surface area contributed by atoms with Crippen molar-refractivity contribution in [3.05, 3.63) is 77.9 Å². The quantitative estimate of drug-likeness (QED) is 0.520. The Morgan fingerprint density at radius 2 is 1.73 bits per heavy atom. The third-order valence-corrected chi connectivity index (χ3v) is 5.46. The van der Waals surface area contributed by atoms with E-state index in [-0.39, 0.29) is 0 Å². The summed E-state index contributed by atoms with van der Waals surface area (Å²) in [6.07, 6.45) is 0. The lowest BCUT2D eigenvalue weighted by atomic mass is 10.0. The van der Waals surface area contributed by atoms with Crippen molar-refractivity contribution in [2.45, 2.75) is 12.1 Å². The van der Waals surface area contributed by atoms with Gasteiger partial charge in [-0.05, 0) is 35.4 Å². The first-order valence-electron chi connectivity index (χ1n) is 8.50. The van der Waals surface area contributed by atoms with Gasteiger partial charge in [-0.1, -0.05) is 71.9 Å². The summed E-state index contributed by atoms with van der Waals surface area (Å²) < 4.78 is 1.87. The molecule has 2 heterocycles. The van der Waals surface area contributed by atoms with E-state index < -0.39 is 0 Å². The SMILES string of the molecule is Cc1cccc(-c2nnc3n2N=C(c2ccc4ccccc4c2)CS3)c1. The second-order valence-corrected chi connectivity index (χ2v) is 7.33. The molecule has 0 radical (unpaired) electrons. The molecule has 0 amide bonds. The Balaban J connectivity index is 1.61. The predicted molar refractivity (Wildman–Crippen MR) is 107 cm³/mol. The molecule has 4 aromatic rings. The minimum Gasteiger partial charge on any atom is -0.187 e. The molecule has 5 rings (SSSR count). The maximum Gasteiger partial charge on any atom is 0.212 e. The Labute approximate surface area is 155 Å². The number of nitrogens with zero attached hydrogens (tertiary/aromatic N) is 4. The summed E-state index contributed by atoms with van der Waals surface area (Å²) in [7, 11) is 0. The van der Waals surface area contributed by atoms with E-state index in [1.54, 1.807) is 11.8 Å². The predicted octanol–water partition coefficient (Wildman–Crippen LogP) is 4.76. The van der Waals surface area contributed by atoms with Crippen molar-refractivity contribution in [2.24, 2.45) is 5.10 Å². The van der Waals surface area contributed by atoms with Crippen LogP contribution in [0, 0.1) is 6.92 Å². The molecule has 0 aliphatic carbocycles. The van der Waals surface area contributed by atoms with Crippen LogP contribution in [0.1, 0.15) is 11.1 Å². The van der Waals surface area contributed by atoms with Crippen LogP contribution >= 0.6 is 11.8 Å². The van der Waals surface area contributed by atoms with Crippen LogP contribution in [-0.4, -0.2) is 26.3 Å². The number of benzene rings is 3. The van der Waals surface area contributed by atoms with Gasteiger partial charge in [0.25, 0.3) is 0 Å². The molecule has 1 aromatic heterocycles. The van der Waals surface area contributed by atoms with Crippen LogP contribution in [0.5, 0.6) is 0 Å². The summed E-state index contributed by atoms with van der Waals surface area (Å²) in [5, 5.41) is 16.9. The average Bonchev–Trinajstić information content (AvgIpc) is 3.11. The van der Waals surface area contributed by atoms with Crippen molar-refractivity contribution in [3.63, 3.8) is 0 Å². The van der Waals surface area contributed by atoms with Gasteiger partial charge in [0.2, 0.25) is 5.16 Å². The topological polar surface area (TPSA) is 43.1 Å².